The molecule has 0 aliphatic carbocycles. The predicted molar refractivity (Wildman–Crippen MR) is 35.1 cm³/mol. The molecule has 0 aliphatic rings. The van der Waals surface area contributed by atoms with Gasteiger partial charge in [0.15, 0.2) is 0 Å². The summed E-state index contributed by atoms with van der Waals surface area (Å²) in [6.45, 7) is 4.67. The van der Waals surface area contributed by atoms with Crippen molar-refractivity contribution in [1.82, 2.24) is 0 Å². The Morgan fingerprint density at radius 1 is 1.64 bits per heavy atom. The Hall–Kier alpha value is 1.07. The molecule has 0 amide bonds. The number of rotatable bonds is 3. The van der Waals surface area contributed by atoms with Crippen LogP contribution in [0.2, 0.25) is 0 Å². The van der Waals surface area contributed by atoms with Gasteiger partial charge in [0.05, 0.1) is 5.60 Å². The SMILES string of the molecule is CC(CC(C)(C)O)C(=O)[O-].[K+]. The maximum absolute atomic E-state index is 10.2. The zero-order chi connectivity index (χ0) is 8.36. The molecule has 0 saturated heterocycles. The van der Waals surface area contributed by atoms with E-state index in [1.54, 1.807) is 13.8 Å². The van der Waals surface area contributed by atoms with Crippen LogP contribution in [0.5, 0.6) is 0 Å². The molecule has 0 rings (SSSR count). The second-order valence-corrected chi connectivity index (χ2v) is 3.24. The Morgan fingerprint density at radius 2 is 2.00 bits per heavy atom. The maximum Gasteiger partial charge on any atom is 1.00 e. The topological polar surface area (TPSA) is 60.4 Å². The fourth-order valence-electron chi connectivity index (χ4n) is 0.833. The molecule has 0 fully saturated rings. The van der Waals surface area contributed by atoms with Crippen LogP contribution in [-0.2, 0) is 4.79 Å². The molecular formula is C7H13KO3. The van der Waals surface area contributed by atoms with Crippen LogP contribution in [0.15, 0.2) is 0 Å². The Kier molecular flexibility index (Phi) is 7.51. The number of carbonyl (C=O) groups is 1. The van der Waals surface area contributed by atoms with E-state index in [-0.39, 0.29) is 57.8 Å². The summed E-state index contributed by atoms with van der Waals surface area (Å²) in [5.41, 5.74) is -0.917. The van der Waals surface area contributed by atoms with Gasteiger partial charge in [0.1, 0.15) is 0 Å². The van der Waals surface area contributed by atoms with Gasteiger partial charge in [-0.3, -0.25) is 0 Å². The number of hydrogen-bond donors (Lipinski definition) is 1. The molecule has 11 heavy (non-hydrogen) atoms. The van der Waals surface area contributed by atoms with E-state index >= 15 is 0 Å². The van der Waals surface area contributed by atoms with Crippen molar-refractivity contribution in [3.05, 3.63) is 0 Å². The minimum Gasteiger partial charge on any atom is -0.550 e. The van der Waals surface area contributed by atoms with Gasteiger partial charge in [0.25, 0.3) is 0 Å². The summed E-state index contributed by atoms with van der Waals surface area (Å²) < 4.78 is 0. The molecule has 4 heteroatoms. The monoisotopic (exact) mass is 184 g/mol. The summed E-state index contributed by atoms with van der Waals surface area (Å²) in [5, 5.41) is 19.3. The summed E-state index contributed by atoms with van der Waals surface area (Å²) in [5.74, 6) is -1.69. The molecule has 0 aromatic heterocycles. The van der Waals surface area contributed by atoms with Crippen LogP contribution in [-0.4, -0.2) is 16.7 Å². The average Bonchev–Trinajstić information content (AvgIpc) is 1.60. The fourth-order valence-corrected chi connectivity index (χ4v) is 0.833. The average molecular weight is 184 g/mol. The Bertz CT molecular complexity index is 128. The van der Waals surface area contributed by atoms with Gasteiger partial charge in [-0.2, -0.15) is 0 Å². The second kappa shape index (κ2) is 5.67. The van der Waals surface area contributed by atoms with Crippen molar-refractivity contribution in [1.29, 1.82) is 0 Å². The first kappa shape index (κ1) is 14.6. The molecule has 0 bridgehead atoms. The third kappa shape index (κ3) is 8.98. The first-order chi connectivity index (χ1) is 4.33. The standard InChI is InChI=1S/C7H14O3.K/c1-5(6(8)9)4-7(2,3)10;/h5,10H,4H2,1-3H3,(H,8,9);/q;+1/p-1. The first-order valence-corrected chi connectivity index (χ1v) is 3.26. The quantitative estimate of drug-likeness (QED) is 0.464. The van der Waals surface area contributed by atoms with Gasteiger partial charge in [0, 0.05) is 5.97 Å². The summed E-state index contributed by atoms with van der Waals surface area (Å²) in [6.07, 6.45) is 0.231. The minimum atomic E-state index is -1.11. The number of carboxylic acid groups (broad SMARTS) is 1. The normalized spacial score (nSPS) is 13.5. The van der Waals surface area contributed by atoms with Crippen molar-refractivity contribution >= 4 is 5.97 Å². The number of carbonyl (C=O) groups excluding carboxylic acids is 1. The Balaban J connectivity index is 0. The smallest absolute Gasteiger partial charge is 0.550 e. The van der Waals surface area contributed by atoms with E-state index in [2.05, 4.69) is 0 Å². The first-order valence-electron chi connectivity index (χ1n) is 3.26. The van der Waals surface area contributed by atoms with E-state index in [1.165, 1.54) is 6.92 Å². The zero-order valence-electron chi connectivity index (χ0n) is 7.55. The third-order valence-corrected chi connectivity index (χ3v) is 1.21. The van der Waals surface area contributed by atoms with Gasteiger partial charge in [0.2, 0.25) is 0 Å². The van der Waals surface area contributed by atoms with Crippen LogP contribution in [0.3, 0.4) is 0 Å². The summed E-state index contributed by atoms with van der Waals surface area (Å²) in [4.78, 5) is 10.2. The molecule has 0 aliphatic heterocycles. The summed E-state index contributed by atoms with van der Waals surface area (Å²) >= 11 is 0. The van der Waals surface area contributed by atoms with Crippen LogP contribution < -0.4 is 56.5 Å². The summed E-state index contributed by atoms with van der Waals surface area (Å²) in [6, 6.07) is 0. The van der Waals surface area contributed by atoms with Crippen LogP contribution in [0, 0.1) is 5.92 Å². The van der Waals surface area contributed by atoms with Crippen molar-refractivity contribution in [3.8, 4) is 0 Å². The molecule has 0 heterocycles. The van der Waals surface area contributed by atoms with Crippen LogP contribution in [0.25, 0.3) is 0 Å². The Morgan fingerprint density at radius 3 is 2.09 bits per heavy atom. The van der Waals surface area contributed by atoms with E-state index in [0.717, 1.165) is 0 Å². The molecule has 1 atom stereocenters. The van der Waals surface area contributed by atoms with Crippen molar-refractivity contribution in [2.45, 2.75) is 32.8 Å². The van der Waals surface area contributed by atoms with E-state index in [1.807, 2.05) is 0 Å². The number of carboxylic acids is 1. The van der Waals surface area contributed by atoms with Crippen molar-refractivity contribution in [2.24, 2.45) is 5.92 Å². The molecule has 3 nitrogen and oxygen atoms in total. The largest absolute Gasteiger partial charge is 1.00 e. The second-order valence-electron chi connectivity index (χ2n) is 3.24. The summed E-state index contributed by atoms with van der Waals surface area (Å²) in [7, 11) is 0. The van der Waals surface area contributed by atoms with E-state index in [4.69, 9.17) is 5.11 Å². The van der Waals surface area contributed by atoms with Gasteiger partial charge >= 0.3 is 51.4 Å². The van der Waals surface area contributed by atoms with Gasteiger partial charge in [-0.05, 0) is 26.2 Å². The van der Waals surface area contributed by atoms with Crippen molar-refractivity contribution in [3.63, 3.8) is 0 Å². The van der Waals surface area contributed by atoms with Gasteiger partial charge in [-0.25, -0.2) is 0 Å². The van der Waals surface area contributed by atoms with E-state index in [0.29, 0.717) is 0 Å². The minimum absolute atomic E-state index is 0. The predicted octanol–water partition coefficient (Wildman–Crippen LogP) is -3.46. The number of aliphatic hydroxyl groups is 1. The zero-order valence-corrected chi connectivity index (χ0v) is 10.7. The van der Waals surface area contributed by atoms with Gasteiger partial charge in [-0.1, -0.05) is 6.92 Å². The van der Waals surface area contributed by atoms with Gasteiger partial charge < -0.3 is 15.0 Å². The van der Waals surface area contributed by atoms with Crippen LogP contribution in [0.1, 0.15) is 27.2 Å². The van der Waals surface area contributed by atoms with Gasteiger partial charge in [-0.15, -0.1) is 0 Å². The molecule has 0 aromatic rings. The Labute approximate surface area is 110 Å². The van der Waals surface area contributed by atoms with Crippen molar-refractivity contribution < 1.29 is 66.4 Å². The molecule has 1 unspecified atom stereocenters. The molecule has 0 radical (unpaired) electrons. The molecular weight excluding hydrogens is 171 g/mol. The molecule has 60 valence electrons. The third-order valence-electron chi connectivity index (χ3n) is 1.21. The van der Waals surface area contributed by atoms with E-state index in [9.17, 15) is 9.90 Å². The van der Waals surface area contributed by atoms with E-state index < -0.39 is 17.5 Å². The molecule has 0 spiro atoms. The number of aliphatic carboxylic acids is 1. The van der Waals surface area contributed by atoms with Crippen molar-refractivity contribution in [2.75, 3.05) is 0 Å². The fraction of sp³-hybridized carbons (Fsp3) is 0.857. The number of hydrogen-bond acceptors (Lipinski definition) is 3. The molecule has 1 N–H and O–H groups in total. The molecule has 0 saturated carbocycles. The maximum atomic E-state index is 10.2. The van der Waals surface area contributed by atoms with Crippen LogP contribution in [0.4, 0.5) is 0 Å². The molecule has 0 aromatic carbocycles. The van der Waals surface area contributed by atoms with Crippen LogP contribution >= 0.6 is 0 Å².